The number of benzene rings is 2. The maximum atomic E-state index is 6.01. The van der Waals surface area contributed by atoms with Gasteiger partial charge in [-0.05, 0) is 55.3 Å². The first-order valence-corrected chi connectivity index (χ1v) is 9.07. The largest absolute Gasteiger partial charge is 0.339 e. The monoisotopic (exact) mass is 355 g/mol. The van der Waals surface area contributed by atoms with Crippen molar-refractivity contribution in [2.45, 2.75) is 20.4 Å². The molecule has 0 aliphatic carbocycles. The molecule has 0 radical (unpaired) electrons. The summed E-state index contributed by atoms with van der Waals surface area (Å²) in [7, 11) is 0. The van der Waals surface area contributed by atoms with Gasteiger partial charge in [-0.25, -0.2) is 9.88 Å². The predicted octanol–water partition coefficient (Wildman–Crippen LogP) is 5.90. The molecule has 0 bridgehead atoms. The van der Waals surface area contributed by atoms with Gasteiger partial charge in [0.1, 0.15) is 17.9 Å². The van der Waals surface area contributed by atoms with Crippen LogP contribution in [0.1, 0.15) is 11.1 Å². The van der Waals surface area contributed by atoms with Crippen LogP contribution in [0.25, 0.3) is 11.3 Å². The lowest BCUT2D eigenvalue weighted by Crippen LogP contribution is -2.35. The van der Waals surface area contributed by atoms with Gasteiger partial charge in [0.05, 0.1) is 0 Å². The fraction of sp³-hybridized carbons (Fsp3) is 0.150. The summed E-state index contributed by atoms with van der Waals surface area (Å²) in [5, 5.41) is 7.58. The topological polar surface area (TPSA) is 15.9 Å². The van der Waals surface area contributed by atoms with Crippen LogP contribution in [0.15, 0.2) is 60.5 Å². The second-order valence-electron chi connectivity index (χ2n) is 5.70. The van der Waals surface area contributed by atoms with Crippen molar-refractivity contribution in [1.29, 1.82) is 0 Å². The van der Waals surface area contributed by atoms with E-state index in [2.05, 4.69) is 53.9 Å². The van der Waals surface area contributed by atoms with Crippen LogP contribution in [0.3, 0.4) is 0 Å². The summed E-state index contributed by atoms with van der Waals surface area (Å²) < 4.78 is 2.24. The second-order valence-corrected chi connectivity index (χ2v) is 7.00. The third-order valence-corrected chi connectivity index (χ3v) is 5.25. The molecule has 0 saturated heterocycles. The number of aryl methyl sites for hydroxylation is 1. The zero-order valence-electron chi connectivity index (χ0n) is 13.8. The van der Waals surface area contributed by atoms with E-state index < -0.39 is 0 Å². The molecule has 0 aliphatic rings. The Hall–Kier alpha value is -2.10. The summed E-state index contributed by atoms with van der Waals surface area (Å²) in [4.78, 5) is 0. The molecule has 0 unspecified atom stereocenters. The Bertz CT molecular complexity index is 866. The summed E-state index contributed by atoms with van der Waals surface area (Å²) in [5.74, 6) is 0. The first-order valence-electron chi connectivity index (χ1n) is 7.81. The minimum Gasteiger partial charge on any atom is -0.231 e. The summed E-state index contributed by atoms with van der Waals surface area (Å²) in [6, 6.07) is 14.3. The summed E-state index contributed by atoms with van der Waals surface area (Å²) >= 11 is 7.71. The van der Waals surface area contributed by atoms with Crippen molar-refractivity contribution < 1.29 is 4.57 Å². The van der Waals surface area contributed by atoms with Gasteiger partial charge in [0.25, 0.3) is 0 Å². The molecule has 0 amide bonds. The zero-order valence-corrected chi connectivity index (χ0v) is 15.4. The Balaban J connectivity index is 2.01. The first-order chi connectivity index (χ1) is 11.6. The molecule has 0 aliphatic heterocycles. The number of halogens is 1. The van der Waals surface area contributed by atoms with Crippen LogP contribution in [0, 0.1) is 13.8 Å². The van der Waals surface area contributed by atoms with Crippen LogP contribution in [-0.2, 0) is 6.54 Å². The van der Waals surface area contributed by atoms with Crippen molar-refractivity contribution >= 4 is 33.8 Å². The van der Waals surface area contributed by atoms with Crippen LogP contribution >= 0.6 is 22.9 Å². The van der Waals surface area contributed by atoms with Crippen LogP contribution < -0.4 is 9.88 Å². The summed E-state index contributed by atoms with van der Waals surface area (Å²) in [5.41, 5.74) is 5.99. The molecule has 3 aromatic rings. The minimum atomic E-state index is 0.745. The van der Waals surface area contributed by atoms with E-state index in [1.807, 2.05) is 30.3 Å². The van der Waals surface area contributed by atoms with Crippen LogP contribution in [0.4, 0.5) is 10.8 Å². The van der Waals surface area contributed by atoms with Gasteiger partial charge in [0.2, 0.25) is 0 Å². The Kier molecular flexibility index (Phi) is 5.03. The van der Waals surface area contributed by atoms with Gasteiger partial charge in [0, 0.05) is 16.0 Å². The molecule has 122 valence electrons. The lowest BCUT2D eigenvalue weighted by Gasteiger charge is -2.07. The molecule has 3 rings (SSSR count). The molecule has 0 saturated carbocycles. The van der Waals surface area contributed by atoms with Gasteiger partial charge in [-0.2, -0.15) is 0 Å². The standard InChI is InChI=1S/C20H19ClN2S/c1-4-12-23-19(16-8-10-17(21)11-9-16)13-24-20(23)22-18-7-5-6-14(2)15(18)3/h4-11,13H,1,12H2,2-3H3/p+1. The number of anilines is 2. The fourth-order valence-corrected chi connectivity index (χ4v) is 3.68. The number of rotatable bonds is 5. The smallest absolute Gasteiger partial charge is 0.231 e. The molecule has 0 atom stereocenters. The highest BCUT2D eigenvalue weighted by Gasteiger charge is 2.19. The van der Waals surface area contributed by atoms with Gasteiger partial charge >= 0.3 is 5.13 Å². The van der Waals surface area contributed by atoms with E-state index in [-0.39, 0.29) is 0 Å². The van der Waals surface area contributed by atoms with Crippen molar-refractivity contribution in [1.82, 2.24) is 0 Å². The van der Waals surface area contributed by atoms with E-state index in [4.69, 9.17) is 11.6 Å². The average Bonchev–Trinajstić information content (AvgIpc) is 2.96. The number of hydrogen-bond acceptors (Lipinski definition) is 2. The lowest BCUT2D eigenvalue weighted by molar-refractivity contribution is -0.657. The Morgan fingerprint density at radius 1 is 1.17 bits per heavy atom. The predicted molar refractivity (Wildman–Crippen MR) is 104 cm³/mol. The second kappa shape index (κ2) is 7.20. The van der Waals surface area contributed by atoms with E-state index in [0.29, 0.717) is 0 Å². The third kappa shape index (κ3) is 3.37. The third-order valence-electron chi connectivity index (χ3n) is 4.12. The number of hydrogen-bond donors (Lipinski definition) is 1. The van der Waals surface area contributed by atoms with Crippen molar-refractivity contribution in [2.75, 3.05) is 5.32 Å². The van der Waals surface area contributed by atoms with Crippen LogP contribution in [-0.4, -0.2) is 0 Å². The molecule has 1 aromatic heterocycles. The van der Waals surface area contributed by atoms with Gasteiger partial charge in [-0.3, -0.25) is 0 Å². The highest BCUT2D eigenvalue weighted by atomic mass is 35.5. The quantitative estimate of drug-likeness (QED) is 0.445. The van der Waals surface area contributed by atoms with E-state index in [1.165, 1.54) is 11.1 Å². The summed E-state index contributed by atoms with van der Waals surface area (Å²) in [6.07, 6.45) is 1.92. The van der Waals surface area contributed by atoms with Crippen molar-refractivity contribution in [2.24, 2.45) is 0 Å². The van der Waals surface area contributed by atoms with Gasteiger partial charge in [-0.1, -0.05) is 47.7 Å². The first kappa shape index (κ1) is 16.7. The number of allylic oxidation sites excluding steroid dienone is 1. The number of thiazole rings is 1. The Labute approximate surface area is 152 Å². The molecular formula is C20H20ClN2S+. The van der Waals surface area contributed by atoms with Crippen LogP contribution in [0.2, 0.25) is 5.02 Å². The summed E-state index contributed by atoms with van der Waals surface area (Å²) in [6.45, 7) is 8.92. The van der Waals surface area contributed by atoms with Crippen molar-refractivity contribution in [3.05, 3.63) is 76.6 Å². The molecule has 0 fully saturated rings. The fourth-order valence-electron chi connectivity index (χ4n) is 2.60. The lowest BCUT2D eigenvalue weighted by atomic mass is 10.1. The molecule has 2 aromatic carbocycles. The number of aromatic nitrogens is 1. The molecule has 2 nitrogen and oxygen atoms in total. The number of nitrogens with one attached hydrogen (secondary N) is 1. The minimum absolute atomic E-state index is 0.745. The molecule has 1 N–H and O–H groups in total. The molecular weight excluding hydrogens is 336 g/mol. The van der Waals surface area contributed by atoms with E-state index in [9.17, 15) is 0 Å². The van der Waals surface area contributed by atoms with E-state index >= 15 is 0 Å². The highest BCUT2D eigenvalue weighted by molar-refractivity contribution is 7.13. The molecule has 4 heteroatoms. The molecule has 24 heavy (non-hydrogen) atoms. The highest BCUT2D eigenvalue weighted by Crippen LogP contribution is 2.28. The number of nitrogens with zero attached hydrogens (tertiary/aromatic N) is 1. The average molecular weight is 356 g/mol. The van der Waals surface area contributed by atoms with Gasteiger partial charge < -0.3 is 0 Å². The SMILES string of the molecule is C=CC[n+]1c(-c2ccc(Cl)cc2)csc1Nc1cccc(C)c1C. The maximum absolute atomic E-state index is 6.01. The van der Waals surface area contributed by atoms with E-state index in [0.717, 1.165) is 33.6 Å². The van der Waals surface area contributed by atoms with E-state index in [1.54, 1.807) is 11.3 Å². The normalized spacial score (nSPS) is 10.6. The maximum Gasteiger partial charge on any atom is 0.339 e. The molecule has 1 heterocycles. The van der Waals surface area contributed by atoms with Crippen LogP contribution in [0.5, 0.6) is 0 Å². The van der Waals surface area contributed by atoms with Gasteiger partial charge in [0.15, 0.2) is 0 Å². The Morgan fingerprint density at radius 3 is 2.62 bits per heavy atom. The van der Waals surface area contributed by atoms with Crippen molar-refractivity contribution in [3.63, 3.8) is 0 Å². The van der Waals surface area contributed by atoms with Gasteiger partial charge in [-0.15, -0.1) is 0 Å². The van der Waals surface area contributed by atoms with Crippen molar-refractivity contribution in [3.8, 4) is 11.3 Å². The zero-order chi connectivity index (χ0) is 17.1. The Morgan fingerprint density at radius 2 is 1.92 bits per heavy atom. The molecule has 0 spiro atoms.